The Kier molecular flexibility index (Phi) is 4.38. The van der Waals surface area contributed by atoms with Gasteiger partial charge < -0.3 is 14.2 Å². The van der Waals surface area contributed by atoms with Gasteiger partial charge in [0, 0.05) is 23.5 Å². The standard InChI is InChI=1S/C20H22O6/c1-6-10(3)17(21)25-13-8-20(7-2)15(11(4)9-24-19(20)23)16-14(13)12(5)18(22)26-16/h6-7,13-16H,2,4-5,8-9H2,1,3H3/b10-6-/t13-,14+,15+,16-,20-/m0/s1. The molecule has 0 amide bonds. The van der Waals surface area contributed by atoms with Gasteiger partial charge in [-0.3, -0.25) is 4.79 Å². The summed E-state index contributed by atoms with van der Waals surface area (Å²) in [6.07, 6.45) is 1.83. The van der Waals surface area contributed by atoms with E-state index in [1.54, 1.807) is 19.9 Å². The van der Waals surface area contributed by atoms with Crippen molar-refractivity contribution in [2.24, 2.45) is 17.3 Å². The van der Waals surface area contributed by atoms with Crippen LogP contribution in [0.3, 0.4) is 0 Å². The van der Waals surface area contributed by atoms with Gasteiger partial charge in [-0.15, -0.1) is 6.58 Å². The summed E-state index contributed by atoms with van der Waals surface area (Å²) in [7, 11) is 0. The lowest BCUT2D eigenvalue weighted by Crippen LogP contribution is -2.58. The maximum atomic E-state index is 12.7. The van der Waals surface area contributed by atoms with Crippen LogP contribution in [0.4, 0.5) is 0 Å². The Morgan fingerprint density at radius 1 is 1.35 bits per heavy atom. The lowest BCUT2D eigenvalue weighted by molar-refractivity contribution is -0.183. The highest BCUT2D eigenvalue weighted by atomic mass is 16.6. The summed E-state index contributed by atoms with van der Waals surface area (Å²) < 4.78 is 16.4. The average Bonchev–Trinajstić information content (AvgIpc) is 2.92. The van der Waals surface area contributed by atoms with Gasteiger partial charge in [-0.05, 0) is 19.4 Å². The van der Waals surface area contributed by atoms with E-state index in [1.165, 1.54) is 6.08 Å². The van der Waals surface area contributed by atoms with Gasteiger partial charge in [0.2, 0.25) is 0 Å². The van der Waals surface area contributed by atoms with Crippen molar-refractivity contribution < 1.29 is 28.6 Å². The van der Waals surface area contributed by atoms with Gasteiger partial charge >= 0.3 is 17.9 Å². The van der Waals surface area contributed by atoms with Crippen LogP contribution in [-0.4, -0.2) is 36.7 Å². The molecule has 0 aromatic rings. The molecule has 138 valence electrons. The second-order valence-corrected chi connectivity index (χ2v) is 7.00. The minimum Gasteiger partial charge on any atom is -0.460 e. The molecule has 2 aliphatic heterocycles. The predicted molar refractivity (Wildman–Crippen MR) is 92.7 cm³/mol. The van der Waals surface area contributed by atoms with Gasteiger partial charge in [-0.25, -0.2) is 9.59 Å². The molecule has 5 atom stereocenters. The summed E-state index contributed by atoms with van der Waals surface area (Å²) in [5, 5.41) is 0. The molecule has 0 spiro atoms. The maximum absolute atomic E-state index is 12.7. The molecule has 2 heterocycles. The number of allylic oxidation sites excluding steroid dienone is 1. The molecular weight excluding hydrogens is 336 g/mol. The Labute approximate surface area is 152 Å². The molecule has 1 saturated carbocycles. The Morgan fingerprint density at radius 3 is 2.65 bits per heavy atom. The van der Waals surface area contributed by atoms with Crippen LogP contribution in [-0.2, 0) is 28.6 Å². The van der Waals surface area contributed by atoms with E-state index in [0.717, 1.165) is 0 Å². The highest BCUT2D eigenvalue weighted by Gasteiger charge is 2.64. The number of esters is 3. The van der Waals surface area contributed by atoms with Crippen LogP contribution in [0.5, 0.6) is 0 Å². The zero-order valence-corrected chi connectivity index (χ0v) is 14.9. The van der Waals surface area contributed by atoms with Gasteiger partial charge in [0.15, 0.2) is 0 Å². The quantitative estimate of drug-likeness (QED) is 0.333. The molecule has 6 heteroatoms. The van der Waals surface area contributed by atoms with E-state index in [2.05, 4.69) is 19.7 Å². The van der Waals surface area contributed by atoms with Crippen LogP contribution in [0, 0.1) is 17.3 Å². The first kappa shape index (κ1) is 18.2. The molecule has 0 N–H and O–H groups in total. The molecular formula is C20H22O6. The molecule has 0 unspecified atom stereocenters. The number of carbonyl (C=O) groups excluding carboxylic acids is 3. The maximum Gasteiger partial charge on any atom is 0.334 e. The minimum absolute atomic E-state index is 0.0640. The van der Waals surface area contributed by atoms with Crippen molar-refractivity contribution in [2.45, 2.75) is 32.5 Å². The molecule has 0 radical (unpaired) electrons. The first-order chi connectivity index (χ1) is 12.3. The fourth-order valence-corrected chi connectivity index (χ4v) is 4.14. The van der Waals surface area contributed by atoms with Crippen molar-refractivity contribution in [3.8, 4) is 0 Å². The topological polar surface area (TPSA) is 78.9 Å². The van der Waals surface area contributed by atoms with Crippen LogP contribution in [0.2, 0.25) is 0 Å². The van der Waals surface area contributed by atoms with E-state index in [0.29, 0.717) is 11.1 Å². The number of carbonyl (C=O) groups is 3. The van der Waals surface area contributed by atoms with Gasteiger partial charge in [-0.2, -0.15) is 0 Å². The monoisotopic (exact) mass is 358 g/mol. The van der Waals surface area contributed by atoms with Gasteiger partial charge in [0.05, 0.1) is 11.3 Å². The molecule has 26 heavy (non-hydrogen) atoms. The second-order valence-electron chi connectivity index (χ2n) is 7.00. The molecule has 2 saturated heterocycles. The Balaban J connectivity index is 2.06. The highest BCUT2D eigenvalue weighted by Crippen LogP contribution is 2.56. The molecule has 3 aliphatic rings. The Morgan fingerprint density at radius 2 is 2.04 bits per heavy atom. The second kappa shape index (κ2) is 6.27. The largest absolute Gasteiger partial charge is 0.460 e. The summed E-state index contributed by atoms with van der Waals surface area (Å²) in [5.74, 6) is -2.54. The lowest BCUT2D eigenvalue weighted by Gasteiger charge is -2.50. The number of hydrogen-bond donors (Lipinski definition) is 0. The smallest absolute Gasteiger partial charge is 0.334 e. The fraction of sp³-hybridized carbons (Fsp3) is 0.450. The summed E-state index contributed by atoms with van der Waals surface area (Å²) in [6, 6.07) is 0. The van der Waals surface area contributed by atoms with Crippen molar-refractivity contribution in [3.05, 3.63) is 48.6 Å². The summed E-state index contributed by atoms with van der Waals surface area (Å²) >= 11 is 0. The van der Waals surface area contributed by atoms with E-state index in [-0.39, 0.29) is 18.6 Å². The fourth-order valence-electron chi connectivity index (χ4n) is 4.14. The molecule has 3 rings (SSSR count). The van der Waals surface area contributed by atoms with E-state index < -0.39 is 47.4 Å². The van der Waals surface area contributed by atoms with Crippen LogP contribution in [0.1, 0.15) is 20.3 Å². The normalized spacial score (nSPS) is 36.6. The lowest BCUT2D eigenvalue weighted by atomic mass is 9.57. The van der Waals surface area contributed by atoms with E-state index in [9.17, 15) is 14.4 Å². The predicted octanol–water partition coefficient (Wildman–Crippen LogP) is 2.27. The van der Waals surface area contributed by atoms with Gasteiger partial charge in [0.1, 0.15) is 18.8 Å². The summed E-state index contributed by atoms with van der Waals surface area (Å²) in [6.45, 7) is 15.1. The van der Waals surface area contributed by atoms with Crippen LogP contribution < -0.4 is 0 Å². The van der Waals surface area contributed by atoms with Crippen LogP contribution in [0.15, 0.2) is 48.6 Å². The first-order valence-electron chi connectivity index (χ1n) is 8.49. The number of fused-ring (bicyclic) bond motifs is 3. The van der Waals surface area contributed by atoms with Crippen molar-refractivity contribution in [1.29, 1.82) is 0 Å². The number of cyclic esters (lactones) is 1. The van der Waals surface area contributed by atoms with Crippen molar-refractivity contribution in [3.63, 3.8) is 0 Å². The Hall–Kier alpha value is -2.63. The third-order valence-corrected chi connectivity index (χ3v) is 5.67. The first-order valence-corrected chi connectivity index (χ1v) is 8.49. The third-order valence-electron chi connectivity index (χ3n) is 5.67. The molecule has 0 bridgehead atoms. The Bertz CT molecular complexity index is 760. The minimum atomic E-state index is -1.16. The molecule has 3 fully saturated rings. The molecule has 0 aromatic carbocycles. The van der Waals surface area contributed by atoms with Gasteiger partial charge in [0.25, 0.3) is 0 Å². The average molecular weight is 358 g/mol. The zero-order chi connectivity index (χ0) is 19.2. The number of rotatable bonds is 3. The summed E-state index contributed by atoms with van der Waals surface area (Å²) in [4.78, 5) is 37.1. The van der Waals surface area contributed by atoms with E-state index >= 15 is 0 Å². The third kappa shape index (κ3) is 2.43. The molecule has 0 aromatic heterocycles. The van der Waals surface area contributed by atoms with E-state index in [4.69, 9.17) is 14.2 Å². The SMILES string of the molecule is C=C[C@]12C[C@H](OC(=O)/C(C)=C\C)[C@H]3C(=C)C(=O)O[C@@H]3[C@H]1C(=C)COC2=O. The van der Waals surface area contributed by atoms with Crippen molar-refractivity contribution in [1.82, 2.24) is 0 Å². The highest BCUT2D eigenvalue weighted by molar-refractivity contribution is 5.93. The van der Waals surface area contributed by atoms with Crippen LogP contribution in [0.25, 0.3) is 0 Å². The van der Waals surface area contributed by atoms with Crippen molar-refractivity contribution >= 4 is 17.9 Å². The zero-order valence-electron chi connectivity index (χ0n) is 14.9. The molecule has 6 nitrogen and oxygen atoms in total. The van der Waals surface area contributed by atoms with E-state index in [1.807, 2.05) is 0 Å². The summed E-state index contributed by atoms with van der Waals surface area (Å²) in [5.41, 5.74) is 0.172. The molecule has 1 aliphatic carbocycles. The van der Waals surface area contributed by atoms with Crippen molar-refractivity contribution in [2.75, 3.05) is 6.61 Å². The number of ether oxygens (including phenoxy) is 3. The van der Waals surface area contributed by atoms with Crippen LogP contribution >= 0.6 is 0 Å². The number of hydrogen-bond acceptors (Lipinski definition) is 6. The van der Waals surface area contributed by atoms with Gasteiger partial charge in [-0.1, -0.05) is 25.3 Å².